The minimum atomic E-state index is -1.55. The lowest BCUT2D eigenvalue weighted by Gasteiger charge is -2.40. The Labute approximate surface area is 189 Å². The molecule has 1 aliphatic carbocycles. The van der Waals surface area contributed by atoms with Gasteiger partial charge in [-0.2, -0.15) is 0 Å². The lowest BCUT2D eigenvalue weighted by atomic mass is 9.76. The molecular weight excluding hydrogens is 416 g/mol. The third-order valence-electron chi connectivity index (χ3n) is 6.29. The van der Waals surface area contributed by atoms with E-state index in [1.807, 2.05) is 0 Å². The van der Waals surface area contributed by atoms with Gasteiger partial charge in [-0.3, -0.25) is 9.59 Å². The Balaban J connectivity index is 2.60. The SMILES string of the molecule is C=C1C(=O)O[C@H]2[C@H]1[C@@H](OC(=O)C(C)=CC)C(=O)[C@H](C)CCC[C@](C)(O)[C@@H]2OC(=O)C(C)C. The Morgan fingerprint density at radius 2 is 1.91 bits per heavy atom. The molecule has 0 unspecified atom stereocenters. The van der Waals surface area contributed by atoms with Gasteiger partial charge in [0.1, 0.15) is 5.60 Å². The molecule has 0 aromatic heterocycles. The summed E-state index contributed by atoms with van der Waals surface area (Å²) >= 11 is 0. The van der Waals surface area contributed by atoms with Crippen LogP contribution in [0, 0.1) is 17.8 Å². The molecule has 8 heteroatoms. The molecule has 0 radical (unpaired) electrons. The van der Waals surface area contributed by atoms with E-state index >= 15 is 0 Å². The summed E-state index contributed by atoms with van der Waals surface area (Å²) in [6.07, 6.45) is -1.22. The first-order valence-corrected chi connectivity index (χ1v) is 11.0. The van der Waals surface area contributed by atoms with Crippen molar-refractivity contribution in [2.24, 2.45) is 17.8 Å². The first kappa shape index (κ1) is 25.8. The largest absolute Gasteiger partial charge is 0.455 e. The maximum Gasteiger partial charge on any atom is 0.334 e. The van der Waals surface area contributed by atoms with Gasteiger partial charge in [-0.05, 0) is 40.0 Å². The van der Waals surface area contributed by atoms with Gasteiger partial charge < -0.3 is 19.3 Å². The first-order chi connectivity index (χ1) is 14.8. The molecule has 0 amide bonds. The molecule has 2 fully saturated rings. The number of rotatable bonds is 4. The Morgan fingerprint density at radius 3 is 2.47 bits per heavy atom. The van der Waals surface area contributed by atoms with Crippen molar-refractivity contribution in [1.29, 1.82) is 0 Å². The quantitative estimate of drug-likeness (QED) is 0.395. The van der Waals surface area contributed by atoms with Crippen molar-refractivity contribution in [3.63, 3.8) is 0 Å². The topological polar surface area (TPSA) is 116 Å². The van der Waals surface area contributed by atoms with Crippen LogP contribution in [-0.2, 0) is 33.4 Å². The lowest BCUT2D eigenvalue weighted by molar-refractivity contribution is -0.195. The summed E-state index contributed by atoms with van der Waals surface area (Å²) < 4.78 is 16.7. The molecule has 2 aliphatic rings. The average molecular weight is 451 g/mol. The Bertz CT molecular complexity index is 822. The van der Waals surface area contributed by atoms with Crippen LogP contribution < -0.4 is 0 Å². The van der Waals surface area contributed by atoms with E-state index in [1.165, 1.54) is 6.92 Å². The molecule has 0 spiro atoms. The molecule has 1 saturated carbocycles. The van der Waals surface area contributed by atoms with Crippen LogP contribution in [0.3, 0.4) is 0 Å². The maximum atomic E-state index is 13.3. The molecule has 0 bridgehead atoms. The fourth-order valence-electron chi connectivity index (χ4n) is 3.99. The third-order valence-corrected chi connectivity index (χ3v) is 6.29. The zero-order valence-electron chi connectivity index (χ0n) is 19.7. The second-order valence-electron chi connectivity index (χ2n) is 9.28. The summed E-state index contributed by atoms with van der Waals surface area (Å²) in [5, 5.41) is 11.3. The molecular formula is C24H34O8. The Morgan fingerprint density at radius 1 is 1.28 bits per heavy atom. The molecule has 2 rings (SSSR count). The first-order valence-electron chi connectivity index (χ1n) is 11.0. The minimum Gasteiger partial charge on any atom is -0.455 e. The number of ketones is 1. The minimum absolute atomic E-state index is 0.0616. The van der Waals surface area contributed by atoms with Gasteiger partial charge in [-0.15, -0.1) is 0 Å². The molecule has 1 saturated heterocycles. The van der Waals surface area contributed by atoms with E-state index < -0.39 is 59.6 Å². The smallest absolute Gasteiger partial charge is 0.334 e. The number of hydrogen-bond donors (Lipinski definition) is 1. The number of allylic oxidation sites excluding steroid dienone is 1. The number of fused-ring (bicyclic) bond motifs is 1. The van der Waals surface area contributed by atoms with Crippen molar-refractivity contribution in [2.45, 2.75) is 84.7 Å². The van der Waals surface area contributed by atoms with Gasteiger partial charge in [0.05, 0.1) is 11.8 Å². The highest BCUT2D eigenvalue weighted by Crippen LogP contribution is 2.41. The number of hydrogen-bond acceptors (Lipinski definition) is 8. The van der Waals surface area contributed by atoms with Crippen molar-refractivity contribution in [3.05, 3.63) is 23.8 Å². The molecule has 1 aliphatic heterocycles. The molecule has 0 aromatic rings. The second kappa shape index (κ2) is 9.98. The van der Waals surface area contributed by atoms with Crippen molar-refractivity contribution in [3.8, 4) is 0 Å². The van der Waals surface area contributed by atoms with Crippen molar-refractivity contribution >= 4 is 23.7 Å². The summed E-state index contributed by atoms with van der Waals surface area (Å²) in [5.74, 6) is -4.53. The van der Waals surface area contributed by atoms with Crippen molar-refractivity contribution in [2.75, 3.05) is 0 Å². The Kier molecular flexibility index (Phi) is 8.04. The van der Waals surface area contributed by atoms with E-state index in [0.29, 0.717) is 18.4 Å². The van der Waals surface area contributed by atoms with Crippen LogP contribution in [0.1, 0.15) is 60.8 Å². The van der Waals surface area contributed by atoms with E-state index in [2.05, 4.69) is 6.58 Å². The van der Waals surface area contributed by atoms with E-state index in [0.717, 1.165) is 0 Å². The highest BCUT2D eigenvalue weighted by molar-refractivity contribution is 5.96. The third kappa shape index (κ3) is 5.28. The predicted molar refractivity (Wildman–Crippen MR) is 115 cm³/mol. The van der Waals surface area contributed by atoms with Crippen molar-refractivity contribution < 1.29 is 38.5 Å². The van der Waals surface area contributed by atoms with E-state index in [4.69, 9.17) is 14.2 Å². The fraction of sp³-hybridized carbons (Fsp3) is 0.667. The number of carbonyl (C=O) groups excluding carboxylic acids is 4. The van der Waals surface area contributed by atoms with E-state index in [9.17, 15) is 24.3 Å². The highest BCUT2D eigenvalue weighted by atomic mass is 16.6. The van der Waals surface area contributed by atoms with Crippen LogP contribution in [0.4, 0.5) is 0 Å². The van der Waals surface area contributed by atoms with Gasteiger partial charge in [0.2, 0.25) is 0 Å². The van der Waals surface area contributed by atoms with Gasteiger partial charge in [-0.25, -0.2) is 9.59 Å². The van der Waals surface area contributed by atoms with E-state index in [1.54, 1.807) is 40.7 Å². The van der Waals surface area contributed by atoms with Crippen LogP contribution in [0.5, 0.6) is 0 Å². The summed E-state index contributed by atoms with van der Waals surface area (Å²) in [6.45, 7) is 13.5. The molecule has 32 heavy (non-hydrogen) atoms. The summed E-state index contributed by atoms with van der Waals surface area (Å²) in [7, 11) is 0. The summed E-state index contributed by atoms with van der Waals surface area (Å²) in [5.41, 5.74) is -1.31. The van der Waals surface area contributed by atoms with Crippen LogP contribution in [0.2, 0.25) is 0 Å². The molecule has 1 heterocycles. The second-order valence-corrected chi connectivity index (χ2v) is 9.28. The number of Topliss-reactive ketones (excluding diaryl/α,β-unsaturated/α-hetero) is 1. The zero-order chi connectivity index (χ0) is 24.4. The summed E-state index contributed by atoms with van der Waals surface area (Å²) in [4.78, 5) is 50.9. The van der Waals surface area contributed by atoms with Crippen LogP contribution in [0.15, 0.2) is 23.8 Å². The normalized spacial score (nSPS) is 34.1. The van der Waals surface area contributed by atoms with Gasteiger partial charge in [0.15, 0.2) is 24.1 Å². The van der Waals surface area contributed by atoms with Crippen molar-refractivity contribution in [1.82, 2.24) is 0 Å². The molecule has 1 N–H and O–H groups in total. The number of aliphatic hydroxyl groups is 1. The van der Waals surface area contributed by atoms with Crippen LogP contribution in [-0.4, -0.2) is 52.7 Å². The lowest BCUT2D eigenvalue weighted by Crippen LogP contribution is -2.55. The summed E-state index contributed by atoms with van der Waals surface area (Å²) in [6, 6.07) is 0. The van der Waals surface area contributed by atoms with Gasteiger partial charge in [0.25, 0.3) is 0 Å². The highest BCUT2D eigenvalue weighted by Gasteiger charge is 2.57. The van der Waals surface area contributed by atoms with Gasteiger partial charge >= 0.3 is 17.9 Å². The molecule has 8 nitrogen and oxygen atoms in total. The fourth-order valence-corrected chi connectivity index (χ4v) is 3.99. The maximum absolute atomic E-state index is 13.3. The number of carbonyl (C=O) groups is 4. The molecule has 6 atom stereocenters. The number of ether oxygens (including phenoxy) is 3. The predicted octanol–water partition coefficient (Wildman–Crippen LogP) is 2.67. The molecule has 178 valence electrons. The average Bonchev–Trinajstić information content (AvgIpc) is 3.01. The standard InChI is InChI=1S/C24H34O8/c1-8-13(4)22(27)30-18-16-15(6)23(28)31-19(16)20(32-21(26)12(2)3)24(7,29)11-9-10-14(5)17(18)25/h8,12,14,16,18-20,29H,6,9-11H2,1-5,7H3/t14-,16-,18-,19+,20-,24+/m1/s1. The monoisotopic (exact) mass is 450 g/mol. The molecule has 0 aromatic carbocycles. The van der Waals surface area contributed by atoms with Gasteiger partial charge in [0, 0.05) is 17.1 Å². The van der Waals surface area contributed by atoms with Crippen LogP contribution >= 0.6 is 0 Å². The van der Waals surface area contributed by atoms with E-state index in [-0.39, 0.29) is 17.8 Å². The van der Waals surface area contributed by atoms with Crippen LogP contribution in [0.25, 0.3) is 0 Å². The van der Waals surface area contributed by atoms with Gasteiger partial charge in [-0.1, -0.05) is 33.4 Å². The zero-order valence-corrected chi connectivity index (χ0v) is 19.7. The Hall–Kier alpha value is -2.48. The number of esters is 3.